The first-order valence-corrected chi connectivity index (χ1v) is 9.45. The van der Waals surface area contributed by atoms with E-state index in [1.807, 2.05) is 32.0 Å². The summed E-state index contributed by atoms with van der Waals surface area (Å²) in [5.41, 5.74) is 7.59. The zero-order valence-corrected chi connectivity index (χ0v) is 16.1. The van der Waals surface area contributed by atoms with Crippen molar-refractivity contribution in [2.45, 2.75) is 50.6 Å². The molecule has 0 aliphatic carbocycles. The molecular formula is C20H21N5O4. The molecule has 4 atom stereocenters. The van der Waals surface area contributed by atoms with Gasteiger partial charge in [-0.15, -0.1) is 0 Å². The summed E-state index contributed by atoms with van der Waals surface area (Å²) in [5, 5.41) is 0. The molecule has 9 heteroatoms. The number of fused-ring (bicyclic) bond motifs is 2. The lowest BCUT2D eigenvalue weighted by Gasteiger charge is -2.24. The molecule has 2 aliphatic rings. The number of ketones is 1. The van der Waals surface area contributed by atoms with Gasteiger partial charge < -0.3 is 19.9 Å². The van der Waals surface area contributed by atoms with Crippen molar-refractivity contribution < 1.29 is 19.0 Å². The maximum atomic E-state index is 12.8. The molecule has 0 amide bonds. The largest absolute Gasteiger partial charge is 0.382 e. The maximum Gasteiger partial charge on any atom is 0.167 e. The fourth-order valence-electron chi connectivity index (χ4n) is 4.03. The van der Waals surface area contributed by atoms with E-state index in [2.05, 4.69) is 15.0 Å². The van der Waals surface area contributed by atoms with Crippen molar-refractivity contribution >= 4 is 22.8 Å². The van der Waals surface area contributed by atoms with Gasteiger partial charge in [0.05, 0.1) is 12.4 Å². The summed E-state index contributed by atoms with van der Waals surface area (Å²) in [4.78, 5) is 25.4. The van der Waals surface area contributed by atoms with Crippen LogP contribution in [-0.2, 0) is 14.2 Å². The van der Waals surface area contributed by atoms with Gasteiger partial charge in [-0.25, -0.2) is 15.0 Å². The van der Waals surface area contributed by atoms with Crippen molar-refractivity contribution in [3.63, 3.8) is 0 Å². The van der Waals surface area contributed by atoms with Crippen LogP contribution < -0.4 is 5.73 Å². The zero-order chi connectivity index (χ0) is 20.2. The number of nitrogens with two attached hydrogens (primary N) is 1. The second kappa shape index (κ2) is 6.58. The molecular weight excluding hydrogens is 374 g/mol. The standard InChI is InChI=1S/C20H21N5O4/c1-20(2)28-15-13(8-12(26)11-6-4-3-5-7-11)27-19(16(15)29-20)25-10-24-14-17(21)22-9-23-18(14)25/h3-7,9-10,13,15-16,19H,8H2,1-2H3,(H2,21,22,23)/t13-,15-,16-,19-/m1/s1. The number of nitrogen functional groups attached to an aromatic ring is 1. The maximum absolute atomic E-state index is 12.8. The van der Waals surface area contributed by atoms with Crippen molar-refractivity contribution in [2.75, 3.05) is 5.73 Å². The molecule has 150 valence electrons. The van der Waals surface area contributed by atoms with Crippen LogP contribution in [-0.4, -0.2) is 49.4 Å². The number of hydrogen-bond donors (Lipinski definition) is 1. The molecule has 4 heterocycles. The van der Waals surface area contributed by atoms with E-state index in [0.717, 1.165) is 0 Å². The average molecular weight is 395 g/mol. The molecule has 29 heavy (non-hydrogen) atoms. The van der Waals surface area contributed by atoms with E-state index >= 15 is 0 Å². The Hall–Kier alpha value is -2.88. The molecule has 2 N–H and O–H groups in total. The molecule has 2 aliphatic heterocycles. The van der Waals surface area contributed by atoms with Gasteiger partial charge in [-0.2, -0.15) is 0 Å². The highest BCUT2D eigenvalue weighted by Crippen LogP contribution is 2.44. The summed E-state index contributed by atoms with van der Waals surface area (Å²) in [7, 11) is 0. The SMILES string of the molecule is CC1(C)O[C@@H]2[C@H](O1)[C@@H](CC(=O)c1ccccc1)O[C@H]2n1cnc2c(N)ncnc21. The van der Waals surface area contributed by atoms with Crippen molar-refractivity contribution in [1.82, 2.24) is 19.5 Å². The normalized spacial score (nSPS) is 27.9. The number of anilines is 1. The lowest BCUT2D eigenvalue weighted by molar-refractivity contribution is -0.195. The minimum Gasteiger partial charge on any atom is -0.382 e. The van der Waals surface area contributed by atoms with Gasteiger partial charge in [0, 0.05) is 12.0 Å². The molecule has 0 bridgehead atoms. The van der Waals surface area contributed by atoms with E-state index < -0.39 is 24.2 Å². The number of carbonyl (C=O) groups is 1. The van der Waals surface area contributed by atoms with Gasteiger partial charge in [0.25, 0.3) is 0 Å². The van der Waals surface area contributed by atoms with E-state index in [1.54, 1.807) is 23.0 Å². The summed E-state index contributed by atoms with van der Waals surface area (Å²) >= 11 is 0. The van der Waals surface area contributed by atoms with Crippen LogP contribution in [0.15, 0.2) is 43.0 Å². The number of imidazole rings is 1. The van der Waals surface area contributed by atoms with Gasteiger partial charge in [0.15, 0.2) is 29.3 Å². The summed E-state index contributed by atoms with van der Waals surface area (Å²) in [5.74, 6) is -0.496. The number of hydrogen-bond acceptors (Lipinski definition) is 8. The van der Waals surface area contributed by atoms with Crippen LogP contribution in [0.1, 0.15) is 36.9 Å². The van der Waals surface area contributed by atoms with E-state index in [1.165, 1.54) is 6.33 Å². The van der Waals surface area contributed by atoms with Crippen LogP contribution in [0.3, 0.4) is 0 Å². The highest BCUT2D eigenvalue weighted by molar-refractivity contribution is 5.96. The lowest BCUT2D eigenvalue weighted by Crippen LogP contribution is -2.31. The number of ether oxygens (including phenoxy) is 3. The van der Waals surface area contributed by atoms with E-state index in [9.17, 15) is 4.79 Å². The fourth-order valence-corrected chi connectivity index (χ4v) is 4.03. The summed E-state index contributed by atoms with van der Waals surface area (Å²) in [6.45, 7) is 3.70. The molecule has 5 rings (SSSR count). The van der Waals surface area contributed by atoms with Crippen molar-refractivity contribution in [1.29, 1.82) is 0 Å². The second-order valence-corrected chi connectivity index (χ2v) is 7.71. The molecule has 0 saturated carbocycles. The Morgan fingerprint density at radius 2 is 1.90 bits per heavy atom. The van der Waals surface area contributed by atoms with Gasteiger partial charge in [-0.1, -0.05) is 30.3 Å². The van der Waals surface area contributed by atoms with Gasteiger partial charge in [-0.05, 0) is 13.8 Å². The van der Waals surface area contributed by atoms with Crippen LogP contribution in [0.5, 0.6) is 0 Å². The second-order valence-electron chi connectivity index (χ2n) is 7.71. The minimum absolute atomic E-state index is 0.00892. The third-order valence-electron chi connectivity index (χ3n) is 5.27. The third kappa shape index (κ3) is 3.07. The van der Waals surface area contributed by atoms with E-state index in [0.29, 0.717) is 22.5 Å². The van der Waals surface area contributed by atoms with E-state index in [4.69, 9.17) is 19.9 Å². The molecule has 2 fully saturated rings. The number of aromatic nitrogens is 4. The van der Waals surface area contributed by atoms with Gasteiger partial charge in [0.2, 0.25) is 0 Å². The molecule has 3 aromatic rings. The lowest BCUT2D eigenvalue weighted by atomic mass is 10.0. The summed E-state index contributed by atoms with van der Waals surface area (Å²) < 4.78 is 20.2. The zero-order valence-electron chi connectivity index (χ0n) is 16.1. The van der Waals surface area contributed by atoms with Gasteiger partial charge >= 0.3 is 0 Å². The van der Waals surface area contributed by atoms with Crippen LogP contribution in [0, 0.1) is 0 Å². The number of Topliss-reactive ketones (excluding diaryl/α,β-unsaturated/α-hetero) is 1. The smallest absolute Gasteiger partial charge is 0.167 e. The molecule has 2 saturated heterocycles. The highest BCUT2D eigenvalue weighted by atomic mass is 16.8. The monoisotopic (exact) mass is 395 g/mol. The number of nitrogens with zero attached hydrogens (tertiary/aromatic N) is 4. The van der Waals surface area contributed by atoms with Gasteiger partial charge in [-0.3, -0.25) is 9.36 Å². The molecule has 2 aromatic heterocycles. The first-order chi connectivity index (χ1) is 13.9. The Morgan fingerprint density at radius 3 is 2.69 bits per heavy atom. The quantitative estimate of drug-likeness (QED) is 0.668. The first-order valence-electron chi connectivity index (χ1n) is 9.45. The molecule has 0 spiro atoms. The van der Waals surface area contributed by atoms with Gasteiger partial charge in [0.1, 0.15) is 24.1 Å². The van der Waals surface area contributed by atoms with Crippen LogP contribution >= 0.6 is 0 Å². The summed E-state index contributed by atoms with van der Waals surface area (Å²) in [6, 6.07) is 9.16. The number of benzene rings is 1. The van der Waals surface area contributed by atoms with Crippen molar-refractivity contribution in [2.24, 2.45) is 0 Å². The summed E-state index contributed by atoms with van der Waals surface area (Å²) in [6.07, 6.45) is 1.37. The Labute approximate surface area is 166 Å². The van der Waals surface area contributed by atoms with E-state index in [-0.39, 0.29) is 18.3 Å². The number of carbonyl (C=O) groups excluding carboxylic acids is 1. The predicted molar refractivity (Wildman–Crippen MR) is 103 cm³/mol. The Kier molecular flexibility index (Phi) is 4.12. The van der Waals surface area contributed by atoms with Crippen LogP contribution in [0.2, 0.25) is 0 Å². The molecule has 9 nitrogen and oxygen atoms in total. The first kappa shape index (κ1) is 18.2. The van der Waals surface area contributed by atoms with Crippen molar-refractivity contribution in [3.05, 3.63) is 48.5 Å². The predicted octanol–water partition coefficient (Wildman–Crippen LogP) is 2.10. The highest BCUT2D eigenvalue weighted by Gasteiger charge is 2.56. The minimum atomic E-state index is -0.782. The Bertz CT molecular complexity index is 1070. The Balaban J connectivity index is 1.47. The molecule has 0 radical (unpaired) electrons. The van der Waals surface area contributed by atoms with Crippen LogP contribution in [0.25, 0.3) is 11.2 Å². The average Bonchev–Trinajstić information content (AvgIpc) is 3.35. The number of rotatable bonds is 4. The third-order valence-corrected chi connectivity index (χ3v) is 5.27. The fraction of sp³-hybridized carbons (Fsp3) is 0.400. The topological polar surface area (TPSA) is 114 Å². The van der Waals surface area contributed by atoms with Crippen molar-refractivity contribution in [3.8, 4) is 0 Å². The molecule has 0 unspecified atom stereocenters. The molecule has 1 aromatic carbocycles. The Morgan fingerprint density at radius 1 is 1.14 bits per heavy atom. The van der Waals surface area contributed by atoms with Crippen LogP contribution in [0.4, 0.5) is 5.82 Å².